The quantitative estimate of drug-likeness (QED) is 0.233. The van der Waals surface area contributed by atoms with Gasteiger partial charge in [-0.1, -0.05) is 68.3 Å². The molecular weight excluding hydrogens is 397 g/mol. The average Bonchev–Trinajstić information content (AvgIpc) is 2.76. The number of alkyl halides is 2. The number of rotatable bonds is 10. The lowest BCUT2D eigenvalue weighted by molar-refractivity contribution is -0.0505. The molecule has 31 heavy (non-hydrogen) atoms. The predicted octanol–water partition coefficient (Wildman–Crippen LogP) is 8.49. The lowest BCUT2D eigenvalue weighted by atomic mass is 9.96. The number of unbranched alkanes of at least 4 members (excludes halogenated alkanes) is 2. The van der Waals surface area contributed by atoms with E-state index in [0.29, 0.717) is 17.2 Å². The van der Waals surface area contributed by atoms with Gasteiger partial charge in [0.25, 0.3) is 0 Å². The normalized spacial score (nSPS) is 11.7. The van der Waals surface area contributed by atoms with Crippen LogP contribution in [0.25, 0.3) is 21.9 Å². The molecule has 0 atom stereocenters. The van der Waals surface area contributed by atoms with Gasteiger partial charge in [0.2, 0.25) is 0 Å². The number of hydrogen-bond donors (Lipinski definition) is 0. The number of ether oxygens (including phenoxy) is 1. The van der Waals surface area contributed by atoms with Crippen LogP contribution in [0, 0.1) is 5.82 Å². The Balaban J connectivity index is 1.94. The summed E-state index contributed by atoms with van der Waals surface area (Å²) < 4.78 is 45.8. The van der Waals surface area contributed by atoms with Crippen molar-refractivity contribution in [2.75, 3.05) is 0 Å². The molecule has 3 rings (SSSR count). The Hall–Kier alpha value is -2.75. The van der Waals surface area contributed by atoms with Crippen LogP contribution < -0.4 is 4.74 Å². The van der Waals surface area contributed by atoms with Crippen LogP contribution in [0.3, 0.4) is 0 Å². The van der Waals surface area contributed by atoms with Gasteiger partial charge in [-0.2, -0.15) is 8.78 Å². The standard InChI is InChI=1S/C27H29F3O/c1-3-5-7-9-19-11-13-20(14-12-19)21-15-16-23-22(17-21)18-25(31-27(29)30)24(26(23)28)10-8-6-4-2/h3,5,11-18,27H,4,6-10H2,1-2H3/b5-3+. The van der Waals surface area contributed by atoms with Crippen LogP contribution in [0.15, 0.2) is 60.7 Å². The number of fused-ring (bicyclic) bond motifs is 1. The van der Waals surface area contributed by atoms with Gasteiger partial charge >= 0.3 is 6.61 Å². The Morgan fingerprint density at radius 2 is 1.68 bits per heavy atom. The first-order chi connectivity index (χ1) is 15.0. The van der Waals surface area contributed by atoms with Gasteiger partial charge in [-0.15, -0.1) is 0 Å². The van der Waals surface area contributed by atoms with Crippen molar-refractivity contribution >= 4 is 10.8 Å². The predicted molar refractivity (Wildman–Crippen MR) is 122 cm³/mol. The molecule has 164 valence electrons. The second-order valence-corrected chi connectivity index (χ2v) is 7.74. The molecule has 3 aromatic rings. The maximum Gasteiger partial charge on any atom is 0.387 e. The van der Waals surface area contributed by atoms with Gasteiger partial charge in [0, 0.05) is 10.9 Å². The van der Waals surface area contributed by atoms with E-state index in [1.807, 2.05) is 44.2 Å². The molecule has 4 heteroatoms. The number of halogens is 3. The minimum Gasteiger partial charge on any atom is -0.434 e. The monoisotopic (exact) mass is 426 g/mol. The van der Waals surface area contributed by atoms with Crippen molar-refractivity contribution in [3.8, 4) is 16.9 Å². The van der Waals surface area contributed by atoms with E-state index < -0.39 is 12.4 Å². The zero-order chi connectivity index (χ0) is 22.2. The summed E-state index contributed by atoms with van der Waals surface area (Å²) in [5.74, 6) is -0.525. The van der Waals surface area contributed by atoms with Crippen molar-refractivity contribution in [2.24, 2.45) is 0 Å². The minimum atomic E-state index is -2.99. The molecule has 0 unspecified atom stereocenters. The average molecular weight is 427 g/mol. The molecule has 1 nitrogen and oxygen atoms in total. The van der Waals surface area contributed by atoms with Gasteiger partial charge in [0.15, 0.2) is 0 Å². The van der Waals surface area contributed by atoms with Crippen LogP contribution in [-0.4, -0.2) is 6.61 Å². The van der Waals surface area contributed by atoms with Gasteiger partial charge in [0.05, 0.1) is 0 Å². The fraction of sp³-hybridized carbons (Fsp3) is 0.333. The van der Waals surface area contributed by atoms with Crippen molar-refractivity contribution in [2.45, 2.75) is 59.0 Å². The van der Waals surface area contributed by atoms with Crippen LogP contribution in [0.4, 0.5) is 13.2 Å². The second kappa shape index (κ2) is 11.0. The molecule has 0 bridgehead atoms. The van der Waals surface area contributed by atoms with Crippen LogP contribution in [0.1, 0.15) is 50.7 Å². The third kappa shape index (κ3) is 5.90. The second-order valence-electron chi connectivity index (χ2n) is 7.74. The molecule has 0 aromatic heterocycles. The molecule has 0 aliphatic heterocycles. The Bertz CT molecular complexity index is 1020. The molecule has 0 amide bonds. The largest absolute Gasteiger partial charge is 0.434 e. The molecule has 0 aliphatic rings. The summed E-state index contributed by atoms with van der Waals surface area (Å²) >= 11 is 0. The van der Waals surface area contributed by atoms with Gasteiger partial charge in [-0.05, 0) is 66.8 Å². The maximum atomic E-state index is 15.2. The van der Waals surface area contributed by atoms with E-state index in [1.165, 1.54) is 5.56 Å². The van der Waals surface area contributed by atoms with Gasteiger partial charge < -0.3 is 4.74 Å². The molecule has 3 aromatic carbocycles. The molecule has 0 spiro atoms. The van der Waals surface area contributed by atoms with Crippen LogP contribution in [-0.2, 0) is 12.8 Å². The van der Waals surface area contributed by atoms with E-state index in [-0.39, 0.29) is 11.3 Å². The van der Waals surface area contributed by atoms with Crippen molar-refractivity contribution in [3.05, 3.63) is 77.6 Å². The highest BCUT2D eigenvalue weighted by molar-refractivity contribution is 5.90. The van der Waals surface area contributed by atoms with Gasteiger partial charge in [-0.25, -0.2) is 4.39 Å². The van der Waals surface area contributed by atoms with Crippen molar-refractivity contribution < 1.29 is 17.9 Å². The zero-order valence-electron chi connectivity index (χ0n) is 18.1. The lowest BCUT2D eigenvalue weighted by Crippen LogP contribution is -2.06. The summed E-state index contributed by atoms with van der Waals surface area (Å²) in [6, 6.07) is 15.2. The van der Waals surface area contributed by atoms with E-state index in [1.54, 1.807) is 12.1 Å². The third-order valence-corrected chi connectivity index (χ3v) is 5.51. The number of aryl methyl sites for hydroxylation is 1. The summed E-state index contributed by atoms with van der Waals surface area (Å²) in [5.41, 5.74) is 3.39. The molecule has 0 N–H and O–H groups in total. The number of benzene rings is 3. The highest BCUT2D eigenvalue weighted by atomic mass is 19.3. The summed E-state index contributed by atoms with van der Waals surface area (Å²) in [4.78, 5) is 0. The molecule has 0 saturated carbocycles. The molecule has 0 saturated heterocycles. The Morgan fingerprint density at radius 3 is 2.35 bits per heavy atom. The highest BCUT2D eigenvalue weighted by Gasteiger charge is 2.18. The zero-order valence-corrected chi connectivity index (χ0v) is 18.1. The van der Waals surface area contributed by atoms with Crippen molar-refractivity contribution in [1.82, 2.24) is 0 Å². The van der Waals surface area contributed by atoms with Gasteiger partial charge in [-0.3, -0.25) is 0 Å². The first-order valence-corrected chi connectivity index (χ1v) is 10.9. The van der Waals surface area contributed by atoms with E-state index >= 15 is 4.39 Å². The van der Waals surface area contributed by atoms with Crippen molar-refractivity contribution in [3.63, 3.8) is 0 Å². The van der Waals surface area contributed by atoms with E-state index in [2.05, 4.69) is 18.2 Å². The Labute approximate surface area is 182 Å². The molecule has 0 aliphatic carbocycles. The molecular formula is C27H29F3O. The Morgan fingerprint density at radius 1 is 0.935 bits per heavy atom. The van der Waals surface area contributed by atoms with E-state index in [0.717, 1.165) is 43.2 Å². The molecule has 0 radical (unpaired) electrons. The molecule has 0 fully saturated rings. The summed E-state index contributed by atoms with van der Waals surface area (Å²) in [7, 11) is 0. The first-order valence-electron chi connectivity index (χ1n) is 10.9. The molecule has 0 heterocycles. The third-order valence-electron chi connectivity index (χ3n) is 5.51. The number of allylic oxidation sites excluding steroid dienone is 2. The minimum absolute atomic E-state index is 0.0624. The topological polar surface area (TPSA) is 9.23 Å². The fourth-order valence-electron chi connectivity index (χ4n) is 3.83. The van der Waals surface area contributed by atoms with E-state index in [9.17, 15) is 8.78 Å². The first kappa shape index (κ1) is 22.9. The van der Waals surface area contributed by atoms with Crippen LogP contribution in [0.5, 0.6) is 5.75 Å². The van der Waals surface area contributed by atoms with Crippen LogP contribution in [0.2, 0.25) is 0 Å². The summed E-state index contributed by atoms with van der Waals surface area (Å²) in [6.07, 6.45) is 9.16. The number of hydrogen-bond acceptors (Lipinski definition) is 1. The SMILES string of the molecule is C/C=C/CCc1ccc(-c2ccc3c(F)c(CCCCC)c(OC(F)F)cc3c2)cc1. The maximum absolute atomic E-state index is 15.2. The smallest absolute Gasteiger partial charge is 0.387 e. The lowest BCUT2D eigenvalue weighted by Gasteiger charge is -2.15. The summed E-state index contributed by atoms with van der Waals surface area (Å²) in [5, 5.41) is 0.988. The van der Waals surface area contributed by atoms with Crippen LogP contribution >= 0.6 is 0 Å². The van der Waals surface area contributed by atoms with Crippen molar-refractivity contribution in [1.29, 1.82) is 0 Å². The summed E-state index contributed by atoms with van der Waals surface area (Å²) in [6.45, 7) is 1.07. The van der Waals surface area contributed by atoms with Gasteiger partial charge in [0.1, 0.15) is 11.6 Å². The van der Waals surface area contributed by atoms with E-state index in [4.69, 9.17) is 4.74 Å². The highest BCUT2D eigenvalue weighted by Crippen LogP contribution is 2.34. The Kier molecular flexibility index (Phi) is 8.16. The fourth-order valence-corrected chi connectivity index (χ4v) is 3.83.